The van der Waals surface area contributed by atoms with Crippen LogP contribution in [0, 0.1) is 11.5 Å². The van der Waals surface area contributed by atoms with Crippen LogP contribution >= 0.6 is 0 Å². The summed E-state index contributed by atoms with van der Waals surface area (Å²) < 4.78 is 28.4. The van der Waals surface area contributed by atoms with Crippen molar-refractivity contribution in [2.24, 2.45) is 0 Å². The molecule has 8 nitrogen and oxygen atoms in total. The fourth-order valence-electron chi connectivity index (χ4n) is 8.01. The molecule has 0 spiro atoms. The van der Waals surface area contributed by atoms with Crippen molar-refractivity contribution < 1.29 is 23.5 Å². The Labute approximate surface area is 251 Å². The van der Waals surface area contributed by atoms with Gasteiger partial charge in [0.05, 0.1) is 25.3 Å². The number of aryl methyl sites for hydroxylation is 1. The number of aromatic nitrogens is 1. The van der Waals surface area contributed by atoms with E-state index in [0.717, 1.165) is 11.1 Å². The van der Waals surface area contributed by atoms with Crippen LogP contribution in [0.4, 0.5) is 20.3 Å². The first-order valence-electron chi connectivity index (χ1n) is 15.3. The van der Waals surface area contributed by atoms with E-state index in [9.17, 15) is 23.9 Å². The summed E-state index contributed by atoms with van der Waals surface area (Å²) in [5.41, 5.74) is 1.64. The number of halogens is 2. The van der Waals surface area contributed by atoms with Crippen molar-refractivity contribution in [3.8, 4) is 6.19 Å². The normalized spacial score (nSPS) is 30.2. The highest BCUT2D eigenvalue weighted by atomic mass is 19.3. The van der Waals surface area contributed by atoms with E-state index in [1.807, 2.05) is 30.3 Å². The average Bonchev–Trinajstić information content (AvgIpc) is 3.44. The summed E-state index contributed by atoms with van der Waals surface area (Å²) in [7, 11) is 1.78. The molecular formula is C33H40F2N5O3+. The van der Waals surface area contributed by atoms with Gasteiger partial charge >= 0.3 is 5.91 Å². The number of quaternary nitrogens is 1. The number of nitriles is 1. The summed E-state index contributed by atoms with van der Waals surface area (Å²) in [5.74, 6) is -2.90. The van der Waals surface area contributed by atoms with Crippen LogP contribution in [-0.2, 0) is 27.0 Å². The third kappa shape index (κ3) is 4.46. The molecule has 3 heterocycles. The quantitative estimate of drug-likeness (QED) is 0.400. The summed E-state index contributed by atoms with van der Waals surface area (Å²) >= 11 is 0. The van der Waals surface area contributed by atoms with Gasteiger partial charge in [-0.3, -0.25) is 14.6 Å². The van der Waals surface area contributed by atoms with Crippen LogP contribution in [0.15, 0.2) is 36.5 Å². The largest absolute Gasteiger partial charge is 0.391 e. The molecule has 1 saturated carbocycles. The summed E-state index contributed by atoms with van der Waals surface area (Å²) in [6, 6.07) is 8.19. The van der Waals surface area contributed by atoms with Crippen LogP contribution in [-0.4, -0.2) is 64.5 Å². The van der Waals surface area contributed by atoms with Crippen LogP contribution < -0.4 is 9.38 Å². The Kier molecular flexibility index (Phi) is 6.94. The second kappa shape index (κ2) is 10.1. The Morgan fingerprint density at radius 2 is 1.84 bits per heavy atom. The molecule has 228 valence electrons. The molecule has 2 aliphatic carbocycles. The van der Waals surface area contributed by atoms with Crippen molar-refractivity contribution in [3.63, 3.8) is 0 Å². The topological polar surface area (TPSA) is 97.5 Å². The van der Waals surface area contributed by atoms with E-state index in [-0.39, 0.29) is 54.5 Å². The van der Waals surface area contributed by atoms with Gasteiger partial charge in [0, 0.05) is 44.0 Å². The molecule has 1 N–H and O–H groups in total. The lowest BCUT2D eigenvalue weighted by Crippen LogP contribution is -2.66. The molecule has 0 radical (unpaired) electrons. The van der Waals surface area contributed by atoms with Crippen molar-refractivity contribution in [3.05, 3.63) is 53.2 Å². The second-order valence-corrected chi connectivity index (χ2v) is 14.0. The minimum atomic E-state index is -2.76. The molecule has 4 atom stereocenters. The Hall–Kier alpha value is -3.42. The van der Waals surface area contributed by atoms with E-state index in [2.05, 4.69) is 27.0 Å². The maximum atomic E-state index is 15.3. The second-order valence-electron chi connectivity index (χ2n) is 14.0. The van der Waals surface area contributed by atoms with Gasteiger partial charge in [-0.15, -0.1) is 0 Å². The first-order valence-corrected chi connectivity index (χ1v) is 15.3. The molecule has 2 aliphatic heterocycles. The first kappa shape index (κ1) is 29.6. The zero-order valence-electron chi connectivity index (χ0n) is 25.3. The molecule has 43 heavy (non-hydrogen) atoms. The maximum Gasteiger partial charge on any atom is 0.351 e. The van der Waals surface area contributed by atoms with E-state index in [0.29, 0.717) is 36.3 Å². The first-order chi connectivity index (χ1) is 20.2. The van der Waals surface area contributed by atoms with Gasteiger partial charge in [0.2, 0.25) is 11.7 Å². The predicted octanol–water partition coefficient (Wildman–Crippen LogP) is 4.92. The molecule has 2 amide bonds. The molecule has 1 aromatic heterocycles. The maximum absolute atomic E-state index is 15.3. The molecule has 2 unspecified atom stereocenters. The minimum Gasteiger partial charge on any atom is -0.391 e. The van der Waals surface area contributed by atoms with Crippen molar-refractivity contribution in [1.29, 1.82) is 5.26 Å². The highest BCUT2D eigenvalue weighted by Crippen LogP contribution is 2.57. The SMILES string of the molecule is CC(C)(C)c1ccc(N(C(=O)[C@H]2C[C@@H](O)CN2C#N)C23CCCc4ccnc(c42)[N+](C)(C2CCC(F)(F)CC2)C3=O)cc1. The number of amides is 2. The number of anilines is 1. The number of aliphatic hydroxyl groups is 1. The van der Waals surface area contributed by atoms with Gasteiger partial charge in [0.1, 0.15) is 12.1 Å². The number of carbonyl (C=O) groups excluding carboxylic acids is 2. The number of aliphatic hydroxyl groups excluding tert-OH is 1. The van der Waals surface area contributed by atoms with Gasteiger partial charge in [0.25, 0.3) is 5.91 Å². The fraction of sp³-hybridized carbons (Fsp3) is 0.576. The van der Waals surface area contributed by atoms with E-state index in [1.54, 1.807) is 18.1 Å². The number of benzene rings is 1. The van der Waals surface area contributed by atoms with E-state index in [1.165, 1.54) is 4.90 Å². The highest BCUT2D eigenvalue weighted by molar-refractivity contribution is 6.13. The number of β-amino-alcohol motifs (C(OH)–C–C–N with tert-alkyl or cyclic N) is 1. The van der Waals surface area contributed by atoms with Gasteiger partial charge in [0.15, 0.2) is 11.7 Å². The number of carbonyl (C=O) groups is 2. The summed E-state index contributed by atoms with van der Waals surface area (Å²) in [6.07, 6.45) is 4.42. The van der Waals surface area contributed by atoms with Crippen LogP contribution in [0.2, 0.25) is 0 Å². The van der Waals surface area contributed by atoms with Gasteiger partial charge in [-0.1, -0.05) is 32.9 Å². The number of hydrogen-bond acceptors (Lipinski definition) is 6. The highest BCUT2D eigenvalue weighted by Gasteiger charge is 2.70. The van der Waals surface area contributed by atoms with Crippen LogP contribution in [0.25, 0.3) is 0 Å². The molecular weight excluding hydrogens is 552 g/mol. The van der Waals surface area contributed by atoms with Crippen LogP contribution in [0.5, 0.6) is 0 Å². The number of alkyl halides is 2. The van der Waals surface area contributed by atoms with Gasteiger partial charge in [-0.05, 0) is 54.0 Å². The Morgan fingerprint density at radius 1 is 1.16 bits per heavy atom. The third-order valence-corrected chi connectivity index (χ3v) is 10.3. The standard InChI is InChI=1S/C33H40F2N5O3/c1-31(2,3)22-7-9-23(10-8-22)39(29(42)26-18-25(41)19-38(26)20-36)33-14-5-6-21-13-17-37-28(27(21)33)40(4,30(33)43)24-11-15-32(34,35)16-12-24/h7-10,13,17,24-26,41H,5-6,11-12,14-16,18-19H2,1-4H3/q+1/t25-,26-,33?,40?/m1/s1. The fourth-order valence-corrected chi connectivity index (χ4v) is 8.01. The zero-order valence-corrected chi connectivity index (χ0v) is 25.3. The zero-order chi connectivity index (χ0) is 30.9. The van der Waals surface area contributed by atoms with Gasteiger partial charge in [-0.2, -0.15) is 5.26 Å². The number of pyridine rings is 1. The van der Waals surface area contributed by atoms with Crippen LogP contribution in [0.3, 0.4) is 0 Å². The number of hydrogen-bond donors (Lipinski definition) is 1. The smallest absolute Gasteiger partial charge is 0.351 e. The number of nitrogens with zero attached hydrogens (tertiary/aromatic N) is 5. The molecule has 4 aliphatic rings. The number of likely N-dealkylation sites (N-methyl/N-ethyl adjacent to an activating group) is 1. The Bertz CT molecular complexity index is 1490. The lowest BCUT2D eigenvalue weighted by molar-refractivity contribution is -0.141. The van der Waals surface area contributed by atoms with Gasteiger partial charge < -0.3 is 5.11 Å². The predicted molar refractivity (Wildman–Crippen MR) is 158 cm³/mol. The molecule has 0 bridgehead atoms. The van der Waals surface area contributed by atoms with E-state index >= 15 is 4.79 Å². The van der Waals surface area contributed by atoms with E-state index < -0.39 is 35.6 Å². The molecule has 2 aromatic rings. The van der Waals surface area contributed by atoms with E-state index in [4.69, 9.17) is 4.98 Å². The van der Waals surface area contributed by atoms with Crippen molar-refractivity contribution >= 4 is 23.3 Å². The molecule has 2 fully saturated rings. The third-order valence-electron chi connectivity index (χ3n) is 10.3. The molecule has 1 saturated heterocycles. The lowest BCUT2D eigenvalue weighted by atomic mass is 9.76. The monoisotopic (exact) mass is 592 g/mol. The summed E-state index contributed by atoms with van der Waals surface area (Å²) in [4.78, 5) is 37.7. The number of rotatable bonds is 4. The van der Waals surface area contributed by atoms with Crippen LogP contribution in [0.1, 0.15) is 82.4 Å². The van der Waals surface area contributed by atoms with Gasteiger partial charge in [-0.25, -0.2) is 23.0 Å². The molecule has 1 aromatic carbocycles. The Morgan fingerprint density at radius 3 is 2.47 bits per heavy atom. The minimum absolute atomic E-state index is 0.0398. The van der Waals surface area contributed by atoms with Crippen molar-refractivity contribution in [1.82, 2.24) is 14.4 Å². The molecule has 10 heteroatoms. The van der Waals surface area contributed by atoms with Crippen molar-refractivity contribution in [2.45, 2.75) is 107 Å². The van der Waals surface area contributed by atoms with Crippen molar-refractivity contribution in [2.75, 3.05) is 18.5 Å². The average molecular weight is 593 g/mol. The number of likely N-dealkylation sites (tertiary alicyclic amines) is 1. The molecule has 6 rings (SSSR count). The Balaban J connectivity index is 1.56. The summed E-state index contributed by atoms with van der Waals surface area (Å²) in [6.45, 7) is 6.33. The summed E-state index contributed by atoms with van der Waals surface area (Å²) in [5, 5.41) is 20.4. The lowest BCUT2D eigenvalue weighted by Gasteiger charge is -2.44.